The zero-order valence-corrected chi connectivity index (χ0v) is 13.2. The van der Waals surface area contributed by atoms with Crippen LogP contribution < -0.4 is 4.72 Å². The smallest absolute Gasteiger partial charge is 0.215 e. The zero-order valence-electron chi connectivity index (χ0n) is 11.6. The van der Waals surface area contributed by atoms with Crippen molar-refractivity contribution in [1.82, 2.24) is 9.71 Å². The molecule has 20 heavy (non-hydrogen) atoms. The molecule has 108 valence electrons. The fourth-order valence-corrected chi connectivity index (χ4v) is 3.82. The van der Waals surface area contributed by atoms with Gasteiger partial charge in [-0.2, -0.15) is 0 Å². The summed E-state index contributed by atoms with van der Waals surface area (Å²) in [7, 11) is -3.29. The van der Waals surface area contributed by atoms with E-state index in [1.54, 1.807) is 17.5 Å². The summed E-state index contributed by atoms with van der Waals surface area (Å²) < 4.78 is 26.6. The maximum absolute atomic E-state index is 12.0. The number of thiazole rings is 1. The molecule has 0 aliphatic rings. The molecule has 2 aromatic rings. The Morgan fingerprint density at radius 1 is 1.30 bits per heavy atom. The Hall–Kier alpha value is -1.24. The first kappa shape index (κ1) is 15.2. The average molecular weight is 310 g/mol. The van der Waals surface area contributed by atoms with Crippen molar-refractivity contribution in [3.63, 3.8) is 0 Å². The Morgan fingerprint density at radius 2 is 2.10 bits per heavy atom. The molecule has 0 amide bonds. The number of hydrogen-bond acceptors (Lipinski definition) is 4. The molecule has 0 saturated heterocycles. The SMILES string of the molecule is Cc1cccc(CS(=O)(=O)NCCc2ncc(C)s2)c1. The number of rotatable bonds is 6. The molecule has 1 aromatic carbocycles. The van der Waals surface area contributed by atoms with Gasteiger partial charge >= 0.3 is 0 Å². The number of aryl methyl sites for hydroxylation is 2. The lowest BCUT2D eigenvalue weighted by molar-refractivity contribution is 0.580. The molecule has 2 rings (SSSR count). The second-order valence-electron chi connectivity index (χ2n) is 4.76. The highest BCUT2D eigenvalue weighted by molar-refractivity contribution is 7.88. The minimum absolute atomic E-state index is 0.0194. The third kappa shape index (κ3) is 4.70. The predicted molar refractivity (Wildman–Crippen MR) is 82.4 cm³/mol. The van der Waals surface area contributed by atoms with Crippen LogP contribution in [-0.4, -0.2) is 19.9 Å². The van der Waals surface area contributed by atoms with Crippen molar-refractivity contribution in [3.05, 3.63) is 51.5 Å². The highest BCUT2D eigenvalue weighted by Gasteiger charge is 2.11. The summed E-state index contributed by atoms with van der Waals surface area (Å²) in [5, 5.41) is 0.959. The summed E-state index contributed by atoms with van der Waals surface area (Å²) in [4.78, 5) is 5.36. The number of nitrogens with one attached hydrogen (secondary N) is 1. The van der Waals surface area contributed by atoms with E-state index >= 15 is 0 Å². The van der Waals surface area contributed by atoms with Gasteiger partial charge in [0.1, 0.15) is 0 Å². The summed E-state index contributed by atoms with van der Waals surface area (Å²) in [6.07, 6.45) is 2.44. The third-order valence-electron chi connectivity index (χ3n) is 2.77. The maximum Gasteiger partial charge on any atom is 0.215 e. The molecule has 1 N–H and O–H groups in total. The van der Waals surface area contributed by atoms with E-state index in [0.717, 1.165) is 21.0 Å². The molecule has 0 aliphatic carbocycles. The Labute approximate surface area is 123 Å². The first-order chi connectivity index (χ1) is 9.44. The van der Waals surface area contributed by atoms with E-state index in [4.69, 9.17) is 0 Å². The largest absolute Gasteiger partial charge is 0.249 e. The first-order valence-electron chi connectivity index (χ1n) is 6.39. The van der Waals surface area contributed by atoms with Crippen molar-refractivity contribution < 1.29 is 8.42 Å². The molecule has 4 nitrogen and oxygen atoms in total. The Kier molecular flexibility index (Phi) is 4.91. The summed E-state index contributed by atoms with van der Waals surface area (Å²) in [5.41, 5.74) is 1.87. The molecule has 0 saturated carbocycles. The van der Waals surface area contributed by atoms with Gasteiger partial charge in [-0.15, -0.1) is 11.3 Å². The van der Waals surface area contributed by atoms with Crippen molar-refractivity contribution in [3.8, 4) is 0 Å². The highest BCUT2D eigenvalue weighted by atomic mass is 32.2. The maximum atomic E-state index is 12.0. The van der Waals surface area contributed by atoms with Gasteiger partial charge in [0.25, 0.3) is 0 Å². The van der Waals surface area contributed by atoms with Gasteiger partial charge in [-0.1, -0.05) is 29.8 Å². The van der Waals surface area contributed by atoms with Gasteiger partial charge in [-0.3, -0.25) is 0 Å². The van der Waals surface area contributed by atoms with Crippen molar-refractivity contribution in [1.29, 1.82) is 0 Å². The van der Waals surface area contributed by atoms with Gasteiger partial charge in [0.05, 0.1) is 10.8 Å². The van der Waals surface area contributed by atoms with Gasteiger partial charge in [-0.25, -0.2) is 18.1 Å². The van der Waals surface area contributed by atoms with Crippen LogP contribution >= 0.6 is 11.3 Å². The molecular formula is C14H18N2O2S2. The molecule has 0 fully saturated rings. The van der Waals surface area contributed by atoms with Crippen LogP contribution in [-0.2, 0) is 22.2 Å². The average Bonchev–Trinajstić information content (AvgIpc) is 2.74. The lowest BCUT2D eigenvalue weighted by Crippen LogP contribution is -2.27. The minimum Gasteiger partial charge on any atom is -0.249 e. The van der Waals surface area contributed by atoms with Gasteiger partial charge in [-0.05, 0) is 19.4 Å². The van der Waals surface area contributed by atoms with E-state index in [0.29, 0.717) is 13.0 Å². The van der Waals surface area contributed by atoms with Gasteiger partial charge in [0.15, 0.2) is 0 Å². The molecule has 0 unspecified atom stereocenters. The van der Waals surface area contributed by atoms with Gasteiger partial charge < -0.3 is 0 Å². The van der Waals surface area contributed by atoms with Crippen LogP contribution in [0, 0.1) is 13.8 Å². The fraction of sp³-hybridized carbons (Fsp3) is 0.357. The highest BCUT2D eigenvalue weighted by Crippen LogP contribution is 2.11. The van der Waals surface area contributed by atoms with Crippen LogP contribution in [0.25, 0.3) is 0 Å². The van der Waals surface area contributed by atoms with E-state index in [1.807, 2.05) is 38.1 Å². The van der Waals surface area contributed by atoms with E-state index in [9.17, 15) is 8.42 Å². The van der Waals surface area contributed by atoms with E-state index < -0.39 is 10.0 Å². The molecule has 0 spiro atoms. The van der Waals surface area contributed by atoms with Crippen molar-refractivity contribution in [2.45, 2.75) is 26.0 Å². The molecule has 1 heterocycles. The standard InChI is InChI=1S/C14H18N2O2S2/c1-11-4-3-5-13(8-11)10-20(17,18)16-7-6-14-15-9-12(2)19-14/h3-5,8-9,16H,6-7,10H2,1-2H3. The zero-order chi connectivity index (χ0) is 14.6. The molecule has 0 aliphatic heterocycles. The summed E-state index contributed by atoms with van der Waals surface area (Å²) in [5.74, 6) is 0.0194. The van der Waals surface area contributed by atoms with Gasteiger partial charge in [0.2, 0.25) is 10.0 Å². The Bertz CT molecular complexity index is 678. The number of nitrogens with zero attached hydrogens (tertiary/aromatic N) is 1. The lowest BCUT2D eigenvalue weighted by atomic mass is 10.2. The van der Waals surface area contributed by atoms with Gasteiger partial charge in [0, 0.05) is 24.0 Å². The normalized spacial score (nSPS) is 11.7. The monoisotopic (exact) mass is 310 g/mol. The number of sulfonamides is 1. The van der Waals surface area contributed by atoms with Crippen LogP contribution in [0.1, 0.15) is 21.0 Å². The minimum atomic E-state index is -3.29. The Balaban J connectivity index is 1.88. The predicted octanol–water partition coefficient (Wildman–Crippen LogP) is 2.42. The van der Waals surface area contributed by atoms with E-state index in [-0.39, 0.29) is 5.75 Å². The molecule has 0 radical (unpaired) electrons. The molecule has 0 bridgehead atoms. The molecule has 1 aromatic heterocycles. The number of aromatic nitrogens is 1. The number of benzene rings is 1. The third-order valence-corrected chi connectivity index (χ3v) is 5.10. The first-order valence-corrected chi connectivity index (χ1v) is 8.86. The molecular weight excluding hydrogens is 292 g/mol. The van der Waals surface area contributed by atoms with Crippen molar-refractivity contribution in [2.75, 3.05) is 6.54 Å². The molecule has 6 heteroatoms. The number of hydrogen-bond donors (Lipinski definition) is 1. The van der Waals surface area contributed by atoms with Crippen molar-refractivity contribution in [2.24, 2.45) is 0 Å². The summed E-state index contributed by atoms with van der Waals surface area (Å²) in [6.45, 7) is 4.33. The summed E-state index contributed by atoms with van der Waals surface area (Å²) >= 11 is 1.60. The summed E-state index contributed by atoms with van der Waals surface area (Å²) in [6, 6.07) is 7.55. The van der Waals surface area contributed by atoms with Crippen LogP contribution in [0.4, 0.5) is 0 Å². The second-order valence-corrected chi connectivity index (χ2v) is 7.88. The second kappa shape index (κ2) is 6.47. The topological polar surface area (TPSA) is 59.1 Å². The quantitative estimate of drug-likeness (QED) is 0.891. The van der Waals surface area contributed by atoms with E-state index in [1.165, 1.54) is 0 Å². The van der Waals surface area contributed by atoms with Crippen molar-refractivity contribution >= 4 is 21.4 Å². The van der Waals surface area contributed by atoms with Crippen LogP contribution in [0.3, 0.4) is 0 Å². The Morgan fingerprint density at radius 3 is 2.75 bits per heavy atom. The fourth-order valence-electron chi connectivity index (χ4n) is 1.90. The van der Waals surface area contributed by atoms with E-state index in [2.05, 4.69) is 9.71 Å². The van der Waals surface area contributed by atoms with Crippen LogP contribution in [0.5, 0.6) is 0 Å². The lowest BCUT2D eigenvalue weighted by Gasteiger charge is -2.06. The molecule has 0 atom stereocenters. The van der Waals surface area contributed by atoms with Crippen LogP contribution in [0.2, 0.25) is 0 Å². The van der Waals surface area contributed by atoms with Crippen LogP contribution in [0.15, 0.2) is 30.5 Å².